The highest BCUT2D eigenvalue weighted by atomic mass is 16.3. The third kappa shape index (κ3) is 3.52. The first-order valence-electron chi connectivity index (χ1n) is 6.29. The Morgan fingerprint density at radius 3 is 3.06 bits per heavy atom. The lowest BCUT2D eigenvalue weighted by Gasteiger charge is -2.29. The van der Waals surface area contributed by atoms with Gasteiger partial charge in [-0.1, -0.05) is 13.8 Å². The number of aliphatic hydroxyl groups excluding tert-OH is 1. The van der Waals surface area contributed by atoms with E-state index >= 15 is 0 Å². The normalized spacial score (nSPS) is 18.4. The molecule has 1 aliphatic rings. The number of imidazole rings is 1. The second-order valence-corrected chi connectivity index (χ2v) is 4.99. The van der Waals surface area contributed by atoms with Crippen molar-refractivity contribution in [2.75, 3.05) is 19.6 Å². The maximum Gasteiger partial charge on any atom is 0.122 e. The molecule has 0 bridgehead atoms. The topological polar surface area (TPSA) is 53.3 Å². The third-order valence-corrected chi connectivity index (χ3v) is 3.05. The van der Waals surface area contributed by atoms with Crippen LogP contribution in [0, 0.1) is 0 Å². The molecule has 0 saturated carbocycles. The monoisotopic (exact) mass is 238 g/mol. The van der Waals surface area contributed by atoms with Gasteiger partial charge in [-0.3, -0.25) is 4.90 Å². The third-order valence-electron chi connectivity index (χ3n) is 3.05. The molecule has 0 aliphatic carbocycles. The molecule has 5 heteroatoms. The molecule has 1 aliphatic heterocycles. The fraction of sp³-hybridized carbons (Fsp3) is 0.750. The van der Waals surface area contributed by atoms with Crippen LogP contribution in [0.2, 0.25) is 0 Å². The van der Waals surface area contributed by atoms with Crippen LogP contribution in [0.5, 0.6) is 0 Å². The molecule has 96 valence electrons. The van der Waals surface area contributed by atoms with Crippen LogP contribution in [0.25, 0.3) is 0 Å². The molecule has 5 nitrogen and oxygen atoms in total. The maximum atomic E-state index is 9.92. The van der Waals surface area contributed by atoms with Crippen LogP contribution in [-0.2, 0) is 13.1 Å². The molecule has 1 aromatic heterocycles. The second kappa shape index (κ2) is 5.62. The molecule has 0 saturated heterocycles. The molecule has 0 spiro atoms. The number of nitrogens with one attached hydrogen (secondary N) is 1. The van der Waals surface area contributed by atoms with Gasteiger partial charge in [-0.2, -0.15) is 0 Å². The van der Waals surface area contributed by atoms with Crippen molar-refractivity contribution in [2.45, 2.75) is 39.1 Å². The van der Waals surface area contributed by atoms with E-state index in [4.69, 9.17) is 0 Å². The fourth-order valence-corrected chi connectivity index (χ4v) is 2.11. The highest BCUT2D eigenvalue weighted by Crippen LogP contribution is 2.10. The zero-order chi connectivity index (χ0) is 12.3. The van der Waals surface area contributed by atoms with E-state index in [1.165, 1.54) is 0 Å². The van der Waals surface area contributed by atoms with Crippen LogP contribution in [0.3, 0.4) is 0 Å². The Bertz CT molecular complexity index is 350. The average molecular weight is 238 g/mol. The van der Waals surface area contributed by atoms with Crippen LogP contribution in [0.4, 0.5) is 0 Å². The Kier molecular flexibility index (Phi) is 4.15. The van der Waals surface area contributed by atoms with Gasteiger partial charge < -0.3 is 15.0 Å². The van der Waals surface area contributed by atoms with Gasteiger partial charge in [0, 0.05) is 44.6 Å². The number of rotatable bonds is 5. The van der Waals surface area contributed by atoms with E-state index in [-0.39, 0.29) is 6.10 Å². The number of fused-ring (bicyclic) bond motifs is 1. The Labute approximate surface area is 102 Å². The molecule has 0 amide bonds. The zero-order valence-corrected chi connectivity index (χ0v) is 10.6. The van der Waals surface area contributed by atoms with Crippen LogP contribution in [0.1, 0.15) is 19.7 Å². The van der Waals surface area contributed by atoms with Gasteiger partial charge >= 0.3 is 0 Å². The summed E-state index contributed by atoms with van der Waals surface area (Å²) in [7, 11) is 0. The first-order chi connectivity index (χ1) is 8.15. The van der Waals surface area contributed by atoms with Crippen LogP contribution in [0.15, 0.2) is 12.4 Å². The zero-order valence-electron chi connectivity index (χ0n) is 10.6. The summed E-state index contributed by atoms with van der Waals surface area (Å²) >= 11 is 0. The van der Waals surface area contributed by atoms with Crippen molar-refractivity contribution in [2.24, 2.45) is 0 Å². The van der Waals surface area contributed by atoms with Gasteiger partial charge in [0.1, 0.15) is 5.82 Å². The molecule has 0 radical (unpaired) electrons. The highest BCUT2D eigenvalue weighted by Gasteiger charge is 2.18. The van der Waals surface area contributed by atoms with Gasteiger partial charge in [0.05, 0.1) is 12.6 Å². The Morgan fingerprint density at radius 1 is 1.47 bits per heavy atom. The first-order valence-corrected chi connectivity index (χ1v) is 6.29. The lowest BCUT2D eigenvalue weighted by atomic mass is 10.2. The molecule has 2 N–H and O–H groups in total. The standard InChI is InChI=1S/C12H22N4O/c1-10(2)14-7-11(17)8-15-5-6-16-4-3-13-12(16)9-15/h3-4,10-11,14,17H,5-9H2,1-2H3. The van der Waals surface area contributed by atoms with Crippen molar-refractivity contribution < 1.29 is 5.11 Å². The van der Waals surface area contributed by atoms with Gasteiger partial charge in [0.2, 0.25) is 0 Å². The van der Waals surface area contributed by atoms with Crippen molar-refractivity contribution in [3.8, 4) is 0 Å². The fourth-order valence-electron chi connectivity index (χ4n) is 2.11. The number of nitrogens with zero attached hydrogens (tertiary/aromatic N) is 3. The molecule has 1 unspecified atom stereocenters. The molecule has 1 aromatic rings. The minimum Gasteiger partial charge on any atom is -0.390 e. The van der Waals surface area contributed by atoms with Gasteiger partial charge in [-0.25, -0.2) is 4.98 Å². The van der Waals surface area contributed by atoms with Crippen molar-refractivity contribution in [1.29, 1.82) is 0 Å². The summed E-state index contributed by atoms with van der Waals surface area (Å²) in [5, 5.41) is 13.2. The van der Waals surface area contributed by atoms with Gasteiger partial charge in [0.25, 0.3) is 0 Å². The van der Waals surface area contributed by atoms with E-state index in [0.717, 1.165) is 25.5 Å². The number of aliphatic hydroxyl groups is 1. The van der Waals surface area contributed by atoms with E-state index < -0.39 is 0 Å². The summed E-state index contributed by atoms with van der Waals surface area (Å²) < 4.78 is 2.18. The number of β-amino-alcohol motifs (C(OH)–C–C–N with tert-alkyl or cyclic N) is 1. The van der Waals surface area contributed by atoms with E-state index in [1.807, 2.05) is 12.4 Å². The molecular weight excluding hydrogens is 216 g/mol. The molecule has 0 fully saturated rings. The summed E-state index contributed by atoms with van der Waals surface area (Å²) in [5.74, 6) is 1.10. The second-order valence-electron chi connectivity index (χ2n) is 4.99. The summed E-state index contributed by atoms with van der Waals surface area (Å²) in [6.45, 7) is 8.34. The Balaban J connectivity index is 1.77. The predicted octanol–water partition coefficient (Wildman–Crippen LogP) is 0.0576. The van der Waals surface area contributed by atoms with Gasteiger partial charge in [0.15, 0.2) is 0 Å². The quantitative estimate of drug-likeness (QED) is 0.761. The summed E-state index contributed by atoms with van der Waals surface area (Å²) in [5.41, 5.74) is 0. The van der Waals surface area contributed by atoms with Crippen LogP contribution in [-0.4, -0.2) is 51.3 Å². The molecule has 17 heavy (non-hydrogen) atoms. The number of aromatic nitrogens is 2. The smallest absolute Gasteiger partial charge is 0.122 e. The van der Waals surface area contributed by atoms with Crippen LogP contribution >= 0.6 is 0 Å². The number of hydrogen-bond donors (Lipinski definition) is 2. The Morgan fingerprint density at radius 2 is 2.29 bits per heavy atom. The van der Waals surface area contributed by atoms with Crippen LogP contribution < -0.4 is 5.32 Å². The lowest BCUT2D eigenvalue weighted by Crippen LogP contribution is -2.43. The predicted molar refractivity (Wildman–Crippen MR) is 66.6 cm³/mol. The SMILES string of the molecule is CC(C)NCC(O)CN1CCn2ccnc2C1. The summed E-state index contributed by atoms with van der Waals surface area (Å²) in [6.07, 6.45) is 3.55. The van der Waals surface area contributed by atoms with E-state index in [2.05, 4.69) is 33.6 Å². The van der Waals surface area contributed by atoms with Gasteiger partial charge in [-0.15, -0.1) is 0 Å². The summed E-state index contributed by atoms with van der Waals surface area (Å²) in [6, 6.07) is 0.421. The van der Waals surface area contributed by atoms with Gasteiger partial charge in [-0.05, 0) is 0 Å². The highest BCUT2D eigenvalue weighted by molar-refractivity contribution is 4.95. The Hall–Kier alpha value is -0.910. The molecule has 0 aromatic carbocycles. The molecule has 2 rings (SSSR count). The largest absolute Gasteiger partial charge is 0.390 e. The molecular formula is C12H22N4O. The molecule has 1 atom stereocenters. The van der Waals surface area contributed by atoms with E-state index in [0.29, 0.717) is 19.1 Å². The van der Waals surface area contributed by atoms with Crippen molar-refractivity contribution in [3.63, 3.8) is 0 Å². The van der Waals surface area contributed by atoms with Crippen molar-refractivity contribution in [1.82, 2.24) is 19.8 Å². The van der Waals surface area contributed by atoms with E-state index in [9.17, 15) is 5.11 Å². The van der Waals surface area contributed by atoms with Crippen molar-refractivity contribution >= 4 is 0 Å². The summed E-state index contributed by atoms with van der Waals surface area (Å²) in [4.78, 5) is 6.57. The maximum absolute atomic E-state index is 9.92. The van der Waals surface area contributed by atoms with E-state index in [1.54, 1.807) is 0 Å². The first kappa shape index (κ1) is 12.5. The minimum absolute atomic E-state index is 0.307. The average Bonchev–Trinajstić information content (AvgIpc) is 2.73. The van der Waals surface area contributed by atoms with Crippen molar-refractivity contribution in [3.05, 3.63) is 18.2 Å². The number of hydrogen-bond acceptors (Lipinski definition) is 4. The lowest BCUT2D eigenvalue weighted by molar-refractivity contribution is 0.0939. The minimum atomic E-state index is -0.307. The molecule has 2 heterocycles.